The highest BCUT2D eigenvalue weighted by Gasteiger charge is 2.26. The van der Waals surface area contributed by atoms with Crippen molar-refractivity contribution in [3.8, 4) is 11.5 Å². The van der Waals surface area contributed by atoms with E-state index in [0.29, 0.717) is 25.6 Å². The molecule has 1 saturated heterocycles. The third-order valence-electron chi connectivity index (χ3n) is 5.44. The fourth-order valence-corrected chi connectivity index (χ4v) is 4.04. The van der Waals surface area contributed by atoms with E-state index in [1.807, 2.05) is 41.3 Å². The summed E-state index contributed by atoms with van der Waals surface area (Å²) in [4.78, 5) is 15.4. The minimum absolute atomic E-state index is 0. The molecule has 2 aromatic rings. The van der Waals surface area contributed by atoms with Crippen molar-refractivity contribution >= 4 is 18.3 Å². The van der Waals surface area contributed by atoms with Crippen LogP contribution in [0.4, 0.5) is 0 Å². The van der Waals surface area contributed by atoms with E-state index in [0.717, 1.165) is 54.1 Å². The maximum Gasteiger partial charge on any atom is 0.254 e. The van der Waals surface area contributed by atoms with Gasteiger partial charge in [-0.2, -0.15) is 0 Å². The number of nitrogens with zero attached hydrogens (tertiary/aromatic N) is 1. The van der Waals surface area contributed by atoms with Gasteiger partial charge in [0.1, 0.15) is 0 Å². The third kappa shape index (κ3) is 4.10. The molecule has 6 heteroatoms. The Morgan fingerprint density at radius 2 is 2.07 bits per heavy atom. The average molecular weight is 403 g/mol. The van der Waals surface area contributed by atoms with Crippen molar-refractivity contribution in [3.05, 3.63) is 59.2 Å². The number of rotatable bonds is 3. The third-order valence-corrected chi connectivity index (χ3v) is 5.44. The molecule has 0 aromatic heterocycles. The number of nitrogens with one attached hydrogen (secondary N) is 1. The Balaban J connectivity index is 0.00000225. The molecule has 1 fully saturated rings. The van der Waals surface area contributed by atoms with Crippen LogP contribution in [0.15, 0.2) is 42.5 Å². The van der Waals surface area contributed by atoms with E-state index in [2.05, 4.69) is 11.4 Å². The van der Waals surface area contributed by atoms with E-state index in [1.165, 1.54) is 0 Å². The quantitative estimate of drug-likeness (QED) is 0.851. The summed E-state index contributed by atoms with van der Waals surface area (Å²) in [6.07, 6.45) is 1.88. The first-order chi connectivity index (χ1) is 13.3. The lowest BCUT2D eigenvalue weighted by Gasteiger charge is -2.28. The minimum atomic E-state index is 0. The summed E-state index contributed by atoms with van der Waals surface area (Å²) < 4.78 is 11.4. The van der Waals surface area contributed by atoms with Crippen LogP contribution >= 0.6 is 12.4 Å². The lowest BCUT2D eigenvalue weighted by atomic mass is 9.92. The molecule has 1 N–H and O–H groups in total. The maximum absolute atomic E-state index is 13.4. The largest absolute Gasteiger partial charge is 0.493 e. The molecule has 4 rings (SSSR count). The smallest absolute Gasteiger partial charge is 0.254 e. The van der Waals surface area contributed by atoms with Gasteiger partial charge in [0.05, 0.1) is 13.7 Å². The summed E-state index contributed by atoms with van der Waals surface area (Å²) in [5.74, 6) is 1.99. The number of hydrogen-bond donors (Lipinski definition) is 1. The van der Waals surface area contributed by atoms with Crippen molar-refractivity contribution in [2.45, 2.75) is 25.3 Å². The number of hydrogen-bond acceptors (Lipinski definition) is 4. The van der Waals surface area contributed by atoms with Gasteiger partial charge in [-0.05, 0) is 43.0 Å². The van der Waals surface area contributed by atoms with Crippen LogP contribution in [0, 0.1) is 0 Å². The Kier molecular flexibility index (Phi) is 6.81. The zero-order valence-electron chi connectivity index (χ0n) is 16.1. The highest BCUT2D eigenvalue weighted by molar-refractivity contribution is 5.96. The summed E-state index contributed by atoms with van der Waals surface area (Å²) in [6, 6.07) is 13.9. The molecule has 0 aliphatic carbocycles. The predicted octanol–water partition coefficient (Wildman–Crippen LogP) is 3.62. The van der Waals surface area contributed by atoms with E-state index < -0.39 is 0 Å². The number of halogens is 1. The monoisotopic (exact) mass is 402 g/mol. The second-order valence-electron chi connectivity index (χ2n) is 7.15. The van der Waals surface area contributed by atoms with Crippen LogP contribution in [-0.4, -0.2) is 44.2 Å². The van der Waals surface area contributed by atoms with Gasteiger partial charge in [0.15, 0.2) is 11.5 Å². The Bertz CT molecular complexity index is 821. The van der Waals surface area contributed by atoms with Gasteiger partial charge in [-0.25, -0.2) is 0 Å². The Morgan fingerprint density at radius 3 is 2.86 bits per heavy atom. The lowest BCUT2D eigenvalue weighted by molar-refractivity contribution is 0.0719. The number of carbonyl (C=O) groups is 1. The first-order valence-electron chi connectivity index (χ1n) is 9.65. The fraction of sp³-hybridized carbons (Fsp3) is 0.409. The second kappa shape index (κ2) is 9.30. The number of benzene rings is 2. The van der Waals surface area contributed by atoms with Crippen LogP contribution in [0.25, 0.3) is 0 Å². The summed E-state index contributed by atoms with van der Waals surface area (Å²) in [7, 11) is 1.65. The van der Waals surface area contributed by atoms with Crippen LogP contribution in [0.2, 0.25) is 0 Å². The van der Waals surface area contributed by atoms with Gasteiger partial charge in [-0.3, -0.25) is 4.79 Å². The number of amides is 1. The second-order valence-corrected chi connectivity index (χ2v) is 7.15. The van der Waals surface area contributed by atoms with Crippen LogP contribution in [0.3, 0.4) is 0 Å². The molecule has 2 aliphatic heterocycles. The molecule has 28 heavy (non-hydrogen) atoms. The van der Waals surface area contributed by atoms with Gasteiger partial charge < -0.3 is 19.7 Å². The van der Waals surface area contributed by atoms with Gasteiger partial charge >= 0.3 is 0 Å². The van der Waals surface area contributed by atoms with E-state index >= 15 is 0 Å². The standard InChI is InChI=1S/C22H26N2O3.ClH/c1-26-20-9-4-6-17-15-24(12-5-13-27-21(17)20)22(25)19-8-3-2-7-18(19)16-10-11-23-14-16;/h2-4,6-9,16,23H,5,10-15H2,1H3;1H. The Morgan fingerprint density at radius 1 is 1.21 bits per heavy atom. The van der Waals surface area contributed by atoms with E-state index in [1.54, 1.807) is 7.11 Å². The molecule has 0 bridgehead atoms. The molecule has 1 amide bonds. The topological polar surface area (TPSA) is 50.8 Å². The van der Waals surface area contributed by atoms with Crippen molar-refractivity contribution in [2.24, 2.45) is 0 Å². The number of ether oxygens (including phenoxy) is 2. The normalized spacial score (nSPS) is 18.9. The van der Waals surface area contributed by atoms with Crippen LogP contribution in [0.5, 0.6) is 11.5 Å². The molecule has 2 heterocycles. The highest BCUT2D eigenvalue weighted by atomic mass is 35.5. The molecule has 150 valence electrons. The van der Waals surface area contributed by atoms with Crippen LogP contribution in [0.1, 0.15) is 40.2 Å². The molecule has 0 saturated carbocycles. The van der Waals surface area contributed by atoms with Crippen molar-refractivity contribution < 1.29 is 14.3 Å². The first-order valence-corrected chi connectivity index (χ1v) is 9.65. The summed E-state index contributed by atoms with van der Waals surface area (Å²) >= 11 is 0. The number of para-hydroxylation sites is 1. The van der Waals surface area contributed by atoms with Crippen molar-refractivity contribution in [1.82, 2.24) is 10.2 Å². The molecular formula is C22H27ClN2O3. The fourth-order valence-electron chi connectivity index (χ4n) is 4.04. The Labute approximate surface area is 172 Å². The van der Waals surface area contributed by atoms with E-state index in [9.17, 15) is 4.79 Å². The molecular weight excluding hydrogens is 376 g/mol. The average Bonchev–Trinajstić information content (AvgIpc) is 3.22. The maximum atomic E-state index is 13.4. The molecule has 2 aliphatic rings. The summed E-state index contributed by atoms with van der Waals surface area (Å²) in [6.45, 7) is 3.75. The highest BCUT2D eigenvalue weighted by Crippen LogP contribution is 2.34. The molecule has 1 unspecified atom stereocenters. The zero-order valence-corrected chi connectivity index (χ0v) is 17.0. The number of carbonyl (C=O) groups excluding carboxylic acids is 1. The molecule has 5 nitrogen and oxygen atoms in total. The first kappa shape index (κ1) is 20.5. The van der Waals surface area contributed by atoms with Gasteiger partial charge in [0, 0.05) is 30.8 Å². The number of fused-ring (bicyclic) bond motifs is 1. The molecule has 2 aromatic carbocycles. The lowest BCUT2D eigenvalue weighted by Crippen LogP contribution is -2.34. The van der Waals surface area contributed by atoms with E-state index in [4.69, 9.17) is 9.47 Å². The molecule has 0 spiro atoms. The van der Waals surface area contributed by atoms with Gasteiger partial charge in [-0.15, -0.1) is 12.4 Å². The SMILES string of the molecule is COc1cccc2c1OCCCN(C(=O)c1ccccc1C1CCNC1)C2.Cl. The van der Waals surface area contributed by atoms with Crippen LogP contribution in [-0.2, 0) is 6.54 Å². The zero-order chi connectivity index (χ0) is 18.6. The van der Waals surface area contributed by atoms with Crippen molar-refractivity contribution in [2.75, 3.05) is 33.4 Å². The van der Waals surface area contributed by atoms with Gasteiger partial charge in [0.25, 0.3) is 5.91 Å². The predicted molar refractivity (Wildman–Crippen MR) is 112 cm³/mol. The molecule has 0 radical (unpaired) electrons. The van der Waals surface area contributed by atoms with Gasteiger partial charge in [0.2, 0.25) is 0 Å². The Hall–Kier alpha value is -2.24. The number of methoxy groups -OCH3 is 1. The summed E-state index contributed by atoms with van der Waals surface area (Å²) in [5.41, 5.74) is 2.98. The minimum Gasteiger partial charge on any atom is -0.493 e. The summed E-state index contributed by atoms with van der Waals surface area (Å²) in [5, 5.41) is 3.41. The van der Waals surface area contributed by atoms with Gasteiger partial charge in [-0.1, -0.05) is 30.3 Å². The van der Waals surface area contributed by atoms with Crippen molar-refractivity contribution in [1.29, 1.82) is 0 Å². The molecule has 1 atom stereocenters. The van der Waals surface area contributed by atoms with Crippen LogP contribution < -0.4 is 14.8 Å². The van der Waals surface area contributed by atoms with E-state index in [-0.39, 0.29) is 18.3 Å². The van der Waals surface area contributed by atoms with Crippen molar-refractivity contribution in [3.63, 3.8) is 0 Å².